The van der Waals surface area contributed by atoms with Crippen LogP contribution in [0.2, 0.25) is 0 Å². The van der Waals surface area contributed by atoms with Gasteiger partial charge in [0.25, 0.3) is 0 Å². The molecule has 7 nitrogen and oxygen atoms in total. The highest BCUT2D eigenvalue weighted by Crippen LogP contribution is 2.35. The average molecular weight is 634 g/mol. The van der Waals surface area contributed by atoms with Crippen molar-refractivity contribution < 1.29 is 23.8 Å². The molecule has 0 spiro atoms. The number of benzene rings is 1. The van der Waals surface area contributed by atoms with Gasteiger partial charge < -0.3 is 14.7 Å². The Morgan fingerprint density at radius 2 is 1.89 bits per heavy atom. The highest BCUT2D eigenvalue weighted by atomic mass is 19.1. The molecule has 0 atom stereocenters. The molecular formula is C38H52FN3O4. The van der Waals surface area contributed by atoms with Crippen LogP contribution in [-0.4, -0.2) is 50.6 Å². The van der Waals surface area contributed by atoms with Crippen LogP contribution in [0.15, 0.2) is 77.9 Å². The number of carboxylic acid groups (broad SMARTS) is 1. The third kappa shape index (κ3) is 11.1. The molecule has 1 aromatic carbocycles. The Morgan fingerprint density at radius 3 is 2.50 bits per heavy atom. The van der Waals surface area contributed by atoms with Crippen molar-refractivity contribution in [3.63, 3.8) is 0 Å². The highest BCUT2D eigenvalue weighted by Gasteiger charge is 2.31. The van der Waals surface area contributed by atoms with Crippen molar-refractivity contribution in [2.24, 2.45) is 5.92 Å². The number of hydrogen-bond acceptors (Lipinski definition) is 5. The second kappa shape index (κ2) is 17.1. The first kappa shape index (κ1) is 36.5. The number of hydrogen-bond donors (Lipinski definition) is 1. The molecule has 4 rings (SSSR count). The number of ether oxygens (including phenoxy) is 1. The molecule has 0 bridgehead atoms. The SMILES string of the molecule is C=C/C(=C(C)\C(=C(\C)CCCC)N(CCC1CC1)C(=O)OC(C)(C)C)N1CCc2cnccc2C1.O=C(O)Cc1ccccc1F. The zero-order valence-electron chi connectivity index (χ0n) is 28.6. The second-order valence-corrected chi connectivity index (χ2v) is 13.3. The molecule has 46 heavy (non-hydrogen) atoms. The first-order valence-corrected chi connectivity index (χ1v) is 16.5. The molecule has 2 aromatic rings. The molecular weight excluding hydrogens is 581 g/mol. The Morgan fingerprint density at radius 1 is 1.17 bits per heavy atom. The minimum absolute atomic E-state index is 0.222. The molecule has 0 unspecified atom stereocenters. The first-order chi connectivity index (χ1) is 21.8. The van der Waals surface area contributed by atoms with Gasteiger partial charge in [-0.3, -0.25) is 14.7 Å². The van der Waals surface area contributed by atoms with E-state index in [9.17, 15) is 14.0 Å². The van der Waals surface area contributed by atoms with E-state index in [1.807, 2.05) is 44.1 Å². The van der Waals surface area contributed by atoms with Gasteiger partial charge in [-0.2, -0.15) is 0 Å². The lowest BCUT2D eigenvalue weighted by Gasteiger charge is -2.35. The van der Waals surface area contributed by atoms with Crippen molar-refractivity contribution in [3.8, 4) is 0 Å². The zero-order valence-corrected chi connectivity index (χ0v) is 28.6. The summed E-state index contributed by atoms with van der Waals surface area (Å²) in [7, 11) is 0. The largest absolute Gasteiger partial charge is 0.481 e. The van der Waals surface area contributed by atoms with E-state index in [-0.39, 0.29) is 18.1 Å². The predicted octanol–water partition coefficient (Wildman–Crippen LogP) is 8.85. The van der Waals surface area contributed by atoms with Crippen molar-refractivity contribution >= 4 is 12.1 Å². The number of carbonyl (C=O) groups excluding carboxylic acids is 1. The lowest BCUT2D eigenvalue weighted by molar-refractivity contribution is -0.136. The number of aromatic nitrogens is 1. The molecule has 2 heterocycles. The molecule has 1 aromatic heterocycles. The number of halogens is 1. The maximum absolute atomic E-state index is 13.6. The van der Waals surface area contributed by atoms with Gasteiger partial charge >= 0.3 is 12.1 Å². The van der Waals surface area contributed by atoms with Gasteiger partial charge in [0.15, 0.2) is 0 Å². The number of rotatable bonds is 12. The fourth-order valence-corrected chi connectivity index (χ4v) is 5.67. The van der Waals surface area contributed by atoms with Gasteiger partial charge in [0.05, 0.1) is 12.1 Å². The molecule has 1 aliphatic carbocycles. The number of amides is 1. The normalized spacial score (nSPS) is 15.4. The summed E-state index contributed by atoms with van der Waals surface area (Å²) in [5.74, 6) is -0.752. The van der Waals surface area contributed by atoms with Crippen LogP contribution in [0.4, 0.5) is 9.18 Å². The standard InChI is InChI=1S/C30H45N3O2.C8H7FO2/c1-8-10-11-22(3)28(33(19-15-24-12-13-24)29(34)35-30(5,6)7)23(4)27(9-2)32-18-16-25-20-31-17-14-26(25)21-32;9-7-4-2-1-3-6(7)5-8(10)11/h9,14,17,20,24H,2,8,10-13,15-16,18-19,21H2,1,3-7H3;1-4H,5H2,(H,10,11)/b27-23+,28-22+;. The van der Waals surface area contributed by atoms with Crippen LogP contribution in [0.25, 0.3) is 0 Å². The van der Waals surface area contributed by atoms with E-state index in [1.165, 1.54) is 47.7 Å². The van der Waals surface area contributed by atoms with Gasteiger partial charge in [-0.1, -0.05) is 51.0 Å². The average Bonchev–Trinajstić information content (AvgIpc) is 3.83. The highest BCUT2D eigenvalue weighted by molar-refractivity contribution is 5.72. The summed E-state index contributed by atoms with van der Waals surface area (Å²) in [5, 5.41) is 8.32. The fraction of sp³-hybridized carbons (Fsp3) is 0.500. The minimum atomic E-state index is -1.02. The Hall–Kier alpha value is -3.94. The van der Waals surface area contributed by atoms with Crippen LogP contribution in [0.1, 0.15) is 96.8 Å². The summed E-state index contributed by atoms with van der Waals surface area (Å²) < 4.78 is 18.6. The molecule has 0 radical (unpaired) electrons. The maximum Gasteiger partial charge on any atom is 0.414 e. The number of aliphatic carboxylic acids is 1. The third-order valence-electron chi connectivity index (χ3n) is 8.24. The van der Waals surface area contributed by atoms with E-state index in [0.717, 1.165) is 68.1 Å². The summed E-state index contributed by atoms with van der Waals surface area (Å²) in [6.07, 6.45) is 13.0. The summed E-state index contributed by atoms with van der Waals surface area (Å²) in [6.45, 7) is 19.0. The Bertz CT molecular complexity index is 1420. The summed E-state index contributed by atoms with van der Waals surface area (Å²) >= 11 is 0. The Balaban J connectivity index is 0.000000441. The van der Waals surface area contributed by atoms with Crippen molar-refractivity contribution in [3.05, 3.63) is 100 Å². The Kier molecular flexibility index (Phi) is 13.6. The van der Waals surface area contributed by atoms with Crippen LogP contribution in [0.3, 0.4) is 0 Å². The van der Waals surface area contributed by atoms with Crippen LogP contribution in [0, 0.1) is 11.7 Å². The molecule has 0 saturated heterocycles. The topological polar surface area (TPSA) is 83.0 Å². The van der Waals surface area contributed by atoms with Crippen molar-refractivity contribution in [1.82, 2.24) is 14.8 Å². The quantitative estimate of drug-likeness (QED) is 0.235. The molecule has 1 N–H and O–H groups in total. The predicted molar refractivity (Wildman–Crippen MR) is 181 cm³/mol. The zero-order chi connectivity index (χ0) is 33.9. The maximum atomic E-state index is 13.6. The van der Waals surface area contributed by atoms with Crippen LogP contribution >= 0.6 is 0 Å². The first-order valence-electron chi connectivity index (χ1n) is 16.5. The number of unbranched alkanes of at least 4 members (excludes halogenated alkanes) is 1. The number of fused-ring (bicyclic) bond motifs is 1. The lowest BCUT2D eigenvalue weighted by Crippen LogP contribution is -2.39. The molecule has 1 amide bonds. The van der Waals surface area contributed by atoms with Crippen molar-refractivity contribution in [1.29, 1.82) is 0 Å². The van der Waals surface area contributed by atoms with Gasteiger partial charge in [-0.15, -0.1) is 0 Å². The molecule has 1 saturated carbocycles. The van der Waals surface area contributed by atoms with E-state index in [2.05, 4.69) is 43.3 Å². The van der Waals surface area contributed by atoms with Crippen LogP contribution in [-0.2, 0) is 28.9 Å². The Labute approximate surface area is 274 Å². The third-order valence-corrected chi connectivity index (χ3v) is 8.24. The van der Waals surface area contributed by atoms with E-state index in [1.54, 1.807) is 6.07 Å². The van der Waals surface area contributed by atoms with Gasteiger partial charge in [0, 0.05) is 37.7 Å². The number of carboxylic acids is 1. The number of carbonyl (C=O) groups is 2. The number of allylic oxidation sites excluding steroid dienone is 3. The van der Waals surface area contributed by atoms with Gasteiger partial charge in [0.2, 0.25) is 0 Å². The molecule has 2 aliphatic rings. The van der Waals surface area contributed by atoms with Gasteiger partial charge in [-0.25, -0.2) is 9.18 Å². The minimum Gasteiger partial charge on any atom is -0.481 e. The number of pyridine rings is 1. The van der Waals surface area contributed by atoms with E-state index < -0.39 is 17.4 Å². The summed E-state index contributed by atoms with van der Waals surface area (Å²) in [5.41, 5.74) is 6.77. The van der Waals surface area contributed by atoms with E-state index in [4.69, 9.17) is 9.84 Å². The van der Waals surface area contributed by atoms with Crippen LogP contribution in [0.5, 0.6) is 0 Å². The lowest BCUT2D eigenvalue weighted by atomic mass is 9.97. The van der Waals surface area contributed by atoms with Crippen molar-refractivity contribution in [2.75, 3.05) is 13.1 Å². The smallest absolute Gasteiger partial charge is 0.414 e. The second-order valence-electron chi connectivity index (χ2n) is 13.3. The fourth-order valence-electron chi connectivity index (χ4n) is 5.67. The molecule has 250 valence electrons. The summed E-state index contributed by atoms with van der Waals surface area (Å²) in [4.78, 5) is 32.3. The van der Waals surface area contributed by atoms with Gasteiger partial charge in [-0.05, 0) is 112 Å². The molecule has 8 heteroatoms. The molecule has 1 fully saturated rings. The van der Waals surface area contributed by atoms with Crippen molar-refractivity contribution in [2.45, 2.75) is 105 Å². The van der Waals surface area contributed by atoms with E-state index in [0.29, 0.717) is 6.54 Å². The monoisotopic (exact) mass is 633 g/mol. The van der Waals surface area contributed by atoms with E-state index >= 15 is 0 Å². The van der Waals surface area contributed by atoms with Crippen LogP contribution < -0.4 is 0 Å². The number of nitrogens with zero attached hydrogens (tertiary/aromatic N) is 3. The van der Waals surface area contributed by atoms with Gasteiger partial charge in [0.1, 0.15) is 11.4 Å². The summed E-state index contributed by atoms with van der Waals surface area (Å²) in [6, 6.07) is 7.97. The molecule has 1 aliphatic heterocycles.